The molecule has 2 amide bonds. The summed E-state index contributed by atoms with van der Waals surface area (Å²) in [6, 6.07) is 11.6. The van der Waals surface area contributed by atoms with Gasteiger partial charge in [-0.2, -0.15) is 0 Å². The van der Waals surface area contributed by atoms with E-state index in [1.54, 1.807) is 42.5 Å². The average Bonchev–Trinajstić information content (AvgIpc) is 2.73. The zero-order valence-electron chi connectivity index (χ0n) is 16.4. The van der Waals surface area contributed by atoms with E-state index in [2.05, 4.69) is 33.5 Å². The first-order valence-electron chi connectivity index (χ1n) is 9.30. The number of anilines is 1. The van der Waals surface area contributed by atoms with Crippen molar-refractivity contribution < 1.29 is 23.9 Å². The second-order valence-electron chi connectivity index (χ2n) is 6.24. The number of amides is 2. The first-order valence-corrected chi connectivity index (χ1v) is 10.5. The molecule has 2 rings (SSSR count). The van der Waals surface area contributed by atoms with Crippen molar-refractivity contribution >= 4 is 51.0 Å². The molecule has 2 aromatic rings. The molecule has 0 fully saturated rings. The summed E-state index contributed by atoms with van der Waals surface area (Å²) in [5.41, 5.74) is 0.782. The highest BCUT2D eigenvalue weighted by atomic mass is 79.9. The zero-order valence-corrected chi connectivity index (χ0v) is 18.7. The van der Waals surface area contributed by atoms with Crippen LogP contribution in [-0.2, 0) is 14.3 Å². The number of benzene rings is 2. The smallest absolute Gasteiger partial charge is 0.325 e. The normalized spacial score (nSPS) is 10.2. The van der Waals surface area contributed by atoms with Crippen molar-refractivity contribution in [2.45, 2.75) is 19.8 Å². The molecule has 2 N–H and O–H groups in total. The van der Waals surface area contributed by atoms with Crippen LogP contribution < -0.4 is 15.4 Å². The van der Waals surface area contributed by atoms with Gasteiger partial charge in [-0.25, -0.2) is 0 Å². The summed E-state index contributed by atoms with van der Waals surface area (Å²) in [5, 5.41) is 5.33. The minimum absolute atomic E-state index is 0.345. The fourth-order valence-electron chi connectivity index (χ4n) is 2.27. The van der Waals surface area contributed by atoms with E-state index in [0.717, 1.165) is 17.3 Å². The minimum Gasteiger partial charge on any atom is -0.494 e. The third-order valence-corrected chi connectivity index (χ3v) is 4.65. The van der Waals surface area contributed by atoms with Crippen LogP contribution in [0.15, 0.2) is 46.9 Å². The first-order chi connectivity index (χ1) is 14.4. The Kier molecular flexibility index (Phi) is 9.63. The number of hydrogen-bond donors (Lipinski definition) is 2. The number of carbonyl (C=O) groups excluding carboxylic acids is 3. The highest BCUT2D eigenvalue weighted by Crippen LogP contribution is 2.25. The predicted octanol–water partition coefficient (Wildman–Crippen LogP) is 4.19. The second kappa shape index (κ2) is 12.2. The maximum atomic E-state index is 12.1. The van der Waals surface area contributed by atoms with Gasteiger partial charge >= 0.3 is 5.97 Å². The molecule has 0 unspecified atom stereocenters. The Bertz CT molecular complexity index is 889. The molecular formula is C21H22BrClN2O5. The van der Waals surface area contributed by atoms with E-state index >= 15 is 0 Å². The van der Waals surface area contributed by atoms with Gasteiger partial charge in [0.15, 0.2) is 6.61 Å². The van der Waals surface area contributed by atoms with Crippen LogP contribution in [0, 0.1) is 0 Å². The Balaban J connectivity index is 1.72. The molecule has 0 saturated carbocycles. The van der Waals surface area contributed by atoms with Crippen molar-refractivity contribution in [2.24, 2.45) is 0 Å². The average molecular weight is 498 g/mol. The van der Waals surface area contributed by atoms with Crippen LogP contribution in [0.4, 0.5) is 5.69 Å². The number of unbranched alkanes of at least 4 members (excludes halogenated alkanes) is 1. The fourth-order valence-corrected chi connectivity index (χ4v) is 2.99. The van der Waals surface area contributed by atoms with Crippen molar-refractivity contribution in [3.63, 3.8) is 0 Å². The van der Waals surface area contributed by atoms with E-state index in [4.69, 9.17) is 21.1 Å². The molecule has 2 aromatic carbocycles. The van der Waals surface area contributed by atoms with Crippen LogP contribution in [0.2, 0.25) is 5.02 Å². The summed E-state index contributed by atoms with van der Waals surface area (Å²) in [4.78, 5) is 35.8. The highest BCUT2D eigenvalue weighted by molar-refractivity contribution is 9.10. The van der Waals surface area contributed by atoms with E-state index in [1.807, 2.05) is 0 Å². The molecule has 0 saturated heterocycles. The molecule has 160 valence electrons. The summed E-state index contributed by atoms with van der Waals surface area (Å²) in [5.74, 6) is -1.04. The third-order valence-electron chi connectivity index (χ3n) is 3.85. The Morgan fingerprint density at radius 1 is 1.10 bits per heavy atom. The van der Waals surface area contributed by atoms with Gasteiger partial charge in [0.1, 0.15) is 12.3 Å². The lowest BCUT2D eigenvalue weighted by molar-refractivity contribution is -0.146. The van der Waals surface area contributed by atoms with Gasteiger partial charge in [0.2, 0.25) is 0 Å². The van der Waals surface area contributed by atoms with Gasteiger partial charge in [-0.05, 0) is 48.9 Å². The first kappa shape index (κ1) is 23.7. The Morgan fingerprint density at radius 2 is 1.83 bits per heavy atom. The molecule has 30 heavy (non-hydrogen) atoms. The molecule has 0 spiro atoms. The summed E-state index contributed by atoms with van der Waals surface area (Å²) in [7, 11) is 0. The summed E-state index contributed by atoms with van der Waals surface area (Å²) in [6.07, 6.45) is 1.99. The summed E-state index contributed by atoms with van der Waals surface area (Å²) < 4.78 is 11.2. The van der Waals surface area contributed by atoms with E-state index in [0.29, 0.717) is 28.6 Å². The largest absolute Gasteiger partial charge is 0.494 e. The fraction of sp³-hybridized carbons (Fsp3) is 0.286. The molecule has 0 radical (unpaired) electrons. The molecule has 0 heterocycles. The lowest BCUT2D eigenvalue weighted by Crippen LogP contribution is -2.32. The lowest BCUT2D eigenvalue weighted by atomic mass is 10.2. The van der Waals surface area contributed by atoms with Crippen LogP contribution in [-0.4, -0.2) is 37.5 Å². The van der Waals surface area contributed by atoms with Crippen molar-refractivity contribution in [2.75, 3.05) is 25.1 Å². The molecule has 0 aliphatic rings. The number of nitrogens with one attached hydrogen (secondary N) is 2. The number of rotatable bonds is 10. The van der Waals surface area contributed by atoms with Gasteiger partial charge in [0.05, 0.1) is 17.3 Å². The summed E-state index contributed by atoms with van der Waals surface area (Å²) in [6.45, 7) is 1.84. The van der Waals surface area contributed by atoms with Crippen molar-refractivity contribution in [3.8, 4) is 5.75 Å². The van der Waals surface area contributed by atoms with Crippen LogP contribution in [0.5, 0.6) is 5.75 Å². The maximum absolute atomic E-state index is 12.1. The molecule has 9 heteroatoms. The van der Waals surface area contributed by atoms with Crippen molar-refractivity contribution in [3.05, 3.63) is 57.5 Å². The van der Waals surface area contributed by atoms with Crippen LogP contribution in [0.3, 0.4) is 0 Å². The van der Waals surface area contributed by atoms with Crippen LogP contribution in [0.1, 0.15) is 30.1 Å². The summed E-state index contributed by atoms with van der Waals surface area (Å²) >= 11 is 9.28. The number of carbonyl (C=O) groups is 3. The standard InChI is InChI=1S/C21H22BrClN2O5/c1-2-3-10-29-16-7-4-14(5-8-16)21(28)24-12-20(27)30-13-19(26)25-18-9-6-15(22)11-17(18)23/h4-9,11H,2-3,10,12-13H2,1H3,(H,24,28)(H,25,26). The van der Waals surface area contributed by atoms with E-state index in [-0.39, 0.29) is 6.54 Å². The Morgan fingerprint density at radius 3 is 2.50 bits per heavy atom. The van der Waals surface area contributed by atoms with Crippen LogP contribution >= 0.6 is 27.5 Å². The molecule has 7 nitrogen and oxygen atoms in total. The molecule has 0 bridgehead atoms. The molecule has 0 atom stereocenters. The van der Waals surface area contributed by atoms with Gasteiger partial charge < -0.3 is 20.1 Å². The van der Waals surface area contributed by atoms with E-state index < -0.39 is 24.4 Å². The third kappa shape index (κ3) is 8.04. The zero-order chi connectivity index (χ0) is 21.9. The SMILES string of the molecule is CCCCOc1ccc(C(=O)NCC(=O)OCC(=O)Nc2ccc(Br)cc2Cl)cc1. The number of halogens is 2. The minimum atomic E-state index is -0.736. The second-order valence-corrected chi connectivity index (χ2v) is 7.56. The van der Waals surface area contributed by atoms with E-state index in [1.165, 1.54) is 0 Å². The van der Waals surface area contributed by atoms with Gasteiger partial charge in [-0.3, -0.25) is 14.4 Å². The monoisotopic (exact) mass is 496 g/mol. The maximum Gasteiger partial charge on any atom is 0.325 e. The molecule has 0 aliphatic carbocycles. The molecular weight excluding hydrogens is 476 g/mol. The number of ether oxygens (including phenoxy) is 2. The van der Waals surface area contributed by atoms with Gasteiger partial charge in [0.25, 0.3) is 11.8 Å². The van der Waals surface area contributed by atoms with Gasteiger partial charge in [0, 0.05) is 10.0 Å². The Labute approximate surface area is 188 Å². The number of hydrogen-bond acceptors (Lipinski definition) is 5. The van der Waals surface area contributed by atoms with Crippen molar-refractivity contribution in [1.82, 2.24) is 5.32 Å². The molecule has 0 aromatic heterocycles. The lowest BCUT2D eigenvalue weighted by Gasteiger charge is -2.09. The van der Waals surface area contributed by atoms with Crippen molar-refractivity contribution in [1.29, 1.82) is 0 Å². The quantitative estimate of drug-likeness (QED) is 0.379. The topological polar surface area (TPSA) is 93.7 Å². The Hall–Kier alpha value is -2.58. The molecule has 0 aliphatic heterocycles. The van der Waals surface area contributed by atoms with Gasteiger partial charge in [-0.1, -0.05) is 40.9 Å². The highest BCUT2D eigenvalue weighted by Gasteiger charge is 2.12. The predicted molar refractivity (Wildman–Crippen MR) is 118 cm³/mol. The number of esters is 1. The van der Waals surface area contributed by atoms with E-state index in [9.17, 15) is 14.4 Å². The van der Waals surface area contributed by atoms with Gasteiger partial charge in [-0.15, -0.1) is 0 Å². The van der Waals surface area contributed by atoms with Crippen LogP contribution in [0.25, 0.3) is 0 Å².